The molecule has 42 heavy (non-hydrogen) atoms. The second-order valence-electron chi connectivity index (χ2n) is 9.79. The lowest BCUT2D eigenvalue weighted by molar-refractivity contribution is -0.192. The predicted octanol–water partition coefficient (Wildman–Crippen LogP) is 1.51. The number of carboxylic acids is 1. The molecule has 0 radical (unpaired) electrons. The minimum absolute atomic E-state index is 0.110. The van der Waals surface area contributed by atoms with Crippen LogP contribution in [0.4, 0.5) is 13.2 Å². The number of methoxy groups -OCH3 is 1. The van der Waals surface area contributed by atoms with Crippen LogP contribution in [0.3, 0.4) is 0 Å². The van der Waals surface area contributed by atoms with E-state index in [1.54, 1.807) is 19.2 Å². The number of amides is 3. The Morgan fingerprint density at radius 2 is 1.57 bits per heavy atom. The van der Waals surface area contributed by atoms with Crippen LogP contribution in [0, 0.1) is 11.8 Å². The molecule has 4 atom stereocenters. The van der Waals surface area contributed by atoms with Crippen LogP contribution in [0.15, 0.2) is 60.7 Å². The highest BCUT2D eigenvalue weighted by Gasteiger charge is 2.68. The molecule has 226 valence electrons. The van der Waals surface area contributed by atoms with Gasteiger partial charge in [-0.15, -0.1) is 0 Å². The average molecular weight is 594 g/mol. The van der Waals surface area contributed by atoms with Gasteiger partial charge >= 0.3 is 18.1 Å². The summed E-state index contributed by atoms with van der Waals surface area (Å²) in [4.78, 5) is 63.7. The molecule has 3 amide bonds. The van der Waals surface area contributed by atoms with Crippen molar-refractivity contribution < 1.29 is 51.7 Å². The number of para-hydroxylation sites is 1. The van der Waals surface area contributed by atoms with E-state index in [1.165, 1.54) is 19.1 Å². The molecule has 2 fully saturated rings. The maximum Gasteiger partial charge on any atom is 0.490 e. The van der Waals surface area contributed by atoms with Crippen LogP contribution in [-0.4, -0.2) is 96.7 Å². The molecule has 2 aromatic rings. The Morgan fingerprint density at radius 3 is 2.10 bits per heavy atom. The summed E-state index contributed by atoms with van der Waals surface area (Å²) in [6, 6.07) is 17.6. The molecule has 0 bridgehead atoms. The number of aliphatic carboxylic acids is 1. The van der Waals surface area contributed by atoms with Gasteiger partial charge in [-0.1, -0.05) is 48.5 Å². The van der Waals surface area contributed by atoms with Gasteiger partial charge in [0.1, 0.15) is 11.3 Å². The van der Waals surface area contributed by atoms with Crippen molar-refractivity contribution in [3.63, 3.8) is 0 Å². The Labute approximate surface area is 239 Å². The number of esters is 1. The number of nitrogens with zero attached hydrogens (tertiary/aromatic N) is 2. The van der Waals surface area contributed by atoms with E-state index in [1.807, 2.05) is 48.5 Å². The first-order valence-corrected chi connectivity index (χ1v) is 12.7. The summed E-state index contributed by atoms with van der Waals surface area (Å²) in [5.41, 5.74) is -0.617. The monoisotopic (exact) mass is 593 g/mol. The Balaban J connectivity index is 0.000000616. The maximum absolute atomic E-state index is 13.2. The number of fused-ring (bicyclic) bond motifs is 1. The van der Waals surface area contributed by atoms with Gasteiger partial charge in [0.05, 0.1) is 18.9 Å². The number of carbonyl (C=O) groups is 5. The molecule has 0 unspecified atom stereocenters. The van der Waals surface area contributed by atoms with Gasteiger partial charge < -0.3 is 19.5 Å². The first-order valence-electron chi connectivity index (χ1n) is 12.7. The summed E-state index contributed by atoms with van der Waals surface area (Å²) >= 11 is 0. The number of hydrogen-bond acceptors (Lipinski definition) is 8. The molecule has 2 aliphatic heterocycles. The van der Waals surface area contributed by atoms with Crippen molar-refractivity contribution in [2.45, 2.75) is 24.2 Å². The van der Waals surface area contributed by atoms with Crippen molar-refractivity contribution >= 4 is 29.7 Å². The molecule has 2 heterocycles. The summed E-state index contributed by atoms with van der Waals surface area (Å²) in [5, 5.41) is 10.4. The summed E-state index contributed by atoms with van der Waals surface area (Å²) in [6.07, 6.45) is -4.92. The van der Waals surface area contributed by atoms with E-state index in [0.29, 0.717) is 5.75 Å². The Morgan fingerprint density at radius 1 is 1.02 bits per heavy atom. The van der Waals surface area contributed by atoms with E-state index in [2.05, 4.69) is 5.32 Å². The summed E-state index contributed by atoms with van der Waals surface area (Å²) in [7, 11) is 4.29. The minimum Gasteiger partial charge on any atom is -0.484 e. The number of likely N-dealkylation sites (tertiary alicyclic amines) is 1. The first kappa shape index (κ1) is 32.1. The molecule has 2 aromatic carbocycles. The number of rotatable bonds is 8. The fourth-order valence-corrected chi connectivity index (χ4v) is 5.12. The summed E-state index contributed by atoms with van der Waals surface area (Å²) in [5.74, 6) is -5.66. The number of hydrogen-bond donors (Lipinski definition) is 2. The molecule has 0 aromatic heterocycles. The zero-order chi connectivity index (χ0) is 31.2. The van der Waals surface area contributed by atoms with Crippen LogP contribution in [0.25, 0.3) is 0 Å². The van der Waals surface area contributed by atoms with Crippen LogP contribution in [0.2, 0.25) is 0 Å². The number of halogens is 3. The van der Waals surface area contributed by atoms with Gasteiger partial charge in [-0.05, 0) is 17.7 Å². The SMILES string of the molecule is COC(=O)[C@]1(Cc2ccccc2)N[C@H](CN(C)C(=O)COc2ccccc2)[C@@H]2C(=O)N(C)C(=O)[C@@H]21.O=C(O)C(F)(F)F. The van der Waals surface area contributed by atoms with Crippen molar-refractivity contribution in [2.75, 3.05) is 34.4 Å². The number of carbonyl (C=O) groups excluding carboxylic acids is 4. The Bertz CT molecular complexity index is 1310. The molecule has 11 nitrogen and oxygen atoms in total. The highest BCUT2D eigenvalue weighted by molar-refractivity contribution is 6.09. The molecule has 2 N–H and O–H groups in total. The van der Waals surface area contributed by atoms with E-state index in [4.69, 9.17) is 19.4 Å². The second kappa shape index (κ2) is 13.0. The number of likely N-dealkylation sites (N-methyl/N-ethyl adjacent to an activating group) is 1. The number of nitrogens with one attached hydrogen (secondary N) is 1. The predicted molar refractivity (Wildman–Crippen MR) is 140 cm³/mol. The topological polar surface area (TPSA) is 143 Å². The fourth-order valence-electron chi connectivity index (χ4n) is 5.12. The number of carboxylic acid groups (broad SMARTS) is 1. The number of alkyl halides is 3. The van der Waals surface area contributed by atoms with Gasteiger partial charge in [0, 0.05) is 33.1 Å². The van der Waals surface area contributed by atoms with Crippen LogP contribution in [0.5, 0.6) is 5.75 Å². The van der Waals surface area contributed by atoms with Crippen molar-refractivity contribution in [2.24, 2.45) is 11.8 Å². The standard InChI is InChI=1S/C26H29N3O6.C2HF3O2/c1-28(20(30)16-35-18-12-8-5-9-13-18)15-19-21-22(24(32)29(2)23(21)31)26(27-19,25(33)34-3)14-17-10-6-4-7-11-17;3-2(4,5)1(6)7/h4-13,19,21-22,27H,14-16H2,1-3H3;(H,6,7)/t19-,21+,22-,26-;/m1./s1. The summed E-state index contributed by atoms with van der Waals surface area (Å²) in [6.45, 7) is -0.0706. The van der Waals surface area contributed by atoms with Gasteiger partial charge in [0.15, 0.2) is 6.61 Å². The number of benzene rings is 2. The normalized spacial score (nSPS) is 23.0. The van der Waals surface area contributed by atoms with Crippen LogP contribution in [-0.2, 0) is 35.1 Å². The van der Waals surface area contributed by atoms with Crippen molar-refractivity contribution in [3.8, 4) is 5.75 Å². The van der Waals surface area contributed by atoms with E-state index in [0.717, 1.165) is 10.5 Å². The smallest absolute Gasteiger partial charge is 0.484 e. The molecular weight excluding hydrogens is 563 g/mol. The number of ether oxygens (including phenoxy) is 2. The quantitative estimate of drug-likeness (QED) is 0.344. The van der Waals surface area contributed by atoms with Gasteiger partial charge in [0.2, 0.25) is 11.8 Å². The molecule has 0 spiro atoms. The molecule has 14 heteroatoms. The molecule has 2 aliphatic rings. The van der Waals surface area contributed by atoms with E-state index in [9.17, 15) is 32.3 Å². The molecular formula is C28H30F3N3O8. The highest BCUT2D eigenvalue weighted by Crippen LogP contribution is 2.44. The largest absolute Gasteiger partial charge is 0.490 e. The van der Waals surface area contributed by atoms with E-state index < -0.39 is 47.4 Å². The van der Waals surface area contributed by atoms with Gasteiger partial charge in [-0.25, -0.2) is 4.79 Å². The van der Waals surface area contributed by atoms with Crippen molar-refractivity contribution in [1.29, 1.82) is 0 Å². The van der Waals surface area contributed by atoms with Crippen LogP contribution < -0.4 is 10.1 Å². The highest BCUT2D eigenvalue weighted by atomic mass is 19.4. The lowest BCUT2D eigenvalue weighted by Gasteiger charge is -2.32. The zero-order valence-corrected chi connectivity index (χ0v) is 23.0. The van der Waals surface area contributed by atoms with E-state index >= 15 is 0 Å². The third-order valence-electron chi connectivity index (χ3n) is 7.10. The second-order valence-corrected chi connectivity index (χ2v) is 9.79. The van der Waals surface area contributed by atoms with Crippen LogP contribution in [0.1, 0.15) is 5.56 Å². The fraction of sp³-hybridized carbons (Fsp3) is 0.393. The zero-order valence-electron chi connectivity index (χ0n) is 23.0. The summed E-state index contributed by atoms with van der Waals surface area (Å²) < 4.78 is 42.4. The van der Waals surface area contributed by atoms with Crippen molar-refractivity contribution in [1.82, 2.24) is 15.1 Å². The van der Waals surface area contributed by atoms with Crippen molar-refractivity contribution in [3.05, 3.63) is 66.2 Å². The molecule has 4 rings (SSSR count). The van der Waals surface area contributed by atoms with Crippen LogP contribution >= 0.6 is 0 Å². The Hall–Kier alpha value is -4.46. The first-order chi connectivity index (χ1) is 19.7. The minimum atomic E-state index is -5.08. The maximum atomic E-state index is 13.2. The van der Waals surface area contributed by atoms with E-state index in [-0.39, 0.29) is 31.4 Å². The Kier molecular flexibility index (Phi) is 9.94. The average Bonchev–Trinajstić information content (AvgIpc) is 3.40. The molecule has 0 saturated carbocycles. The third kappa shape index (κ3) is 6.87. The molecule has 2 saturated heterocycles. The number of imide groups is 1. The third-order valence-corrected chi connectivity index (χ3v) is 7.10. The van der Waals surface area contributed by atoms with Gasteiger partial charge in [-0.2, -0.15) is 13.2 Å². The lowest BCUT2D eigenvalue weighted by Crippen LogP contribution is -2.59. The molecule has 0 aliphatic carbocycles. The van der Waals surface area contributed by atoms with Gasteiger partial charge in [0.25, 0.3) is 5.91 Å². The lowest BCUT2D eigenvalue weighted by atomic mass is 9.76. The van der Waals surface area contributed by atoms with Gasteiger partial charge in [-0.3, -0.25) is 29.4 Å².